The lowest BCUT2D eigenvalue weighted by Crippen LogP contribution is -2.34. The largest absolute Gasteiger partial charge is 0.497 e. The number of nitrogens with zero attached hydrogens (tertiary/aromatic N) is 4. The number of anilines is 2. The van der Waals surface area contributed by atoms with Gasteiger partial charge >= 0.3 is 0 Å². The summed E-state index contributed by atoms with van der Waals surface area (Å²) in [5.41, 5.74) is 1.06. The summed E-state index contributed by atoms with van der Waals surface area (Å²) in [5, 5.41) is 7.49. The third kappa shape index (κ3) is 7.95. The first-order valence-corrected chi connectivity index (χ1v) is 13.3. The highest BCUT2D eigenvalue weighted by molar-refractivity contribution is 5.91. The van der Waals surface area contributed by atoms with E-state index >= 15 is 0 Å². The van der Waals surface area contributed by atoms with Crippen molar-refractivity contribution >= 4 is 28.6 Å². The zero-order valence-corrected chi connectivity index (χ0v) is 23.4. The SMILES string of the molecule is CCC(C)(C)CC(C)(C)CC(=O)NCCNc1nc(N2CCCN(C)CC2)nc2cc(OC)ccc12. The van der Waals surface area contributed by atoms with Gasteiger partial charge in [-0.2, -0.15) is 4.98 Å². The number of hydrogen-bond acceptors (Lipinski definition) is 7. The highest BCUT2D eigenvalue weighted by atomic mass is 16.5. The van der Waals surface area contributed by atoms with Gasteiger partial charge in [-0.05, 0) is 49.4 Å². The van der Waals surface area contributed by atoms with Crippen LogP contribution in [0.4, 0.5) is 11.8 Å². The van der Waals surface area contributed by atoms with E-state index < -0.39 is 0 Å². The fourth-order valence-electron chi connectivity index (χ4n) is 5.11. The maximum atomic E-state index is 12.7. The number of methoxy groups -OCH3 is 1. The maximum Gasteiger partial charge on any atom is 0.227 e. The lowest BCUT2D eigenvalue weighted by molar-refractivity contribution is -0.123. The van der Waals surface area contributed by atoms with Gasteiger partial charge in [-0.3, -0.25) is 4.79 Å². The average molecular weight is 499 g/mol. The van der Waals surface area contributed by atoms with E-state index in [9.17, 15) is 4.79 Å². The average Bonchev–Trinajstić information content (AvgIpc) is 3.04. The molecule has 0 spiro atoms. The summed E-state index contributed by atoms with van der Waals surface area (Å²) in [6, 6.07) is 5.88. The summed E-state index contributed by atoms with van der Waals surface area (Å²) in [6.07, 6.45) is 3.74. The van der Waals surface area contributed by atoms with E-state index in [1.807, 2.05) is 18.2 Å². The molecule has 1 amide bonds. The van der Waals surface area contributed by atoms with Crippen molar-refractivity contribution in [1.82, 2.24) is 20.2 Å². The minimum atomic E-state index is -0.0327. The number of ether oxygens (including phenoxy) is 1. The quantitative estimate of drug-likeness (QED) is 0.440. The molecule has 1 aliphatic rings. The molecule has 1 aromatic carbocycles. The van der Waals surface area contributed by atoms with Gasteiger partial charge in [0.25, 0.3) is 0 Å². The molecule has 0 saturated carbocycles. The van der Waals surface area contributed by atoms with Crippen molar-refractivity contribution in [1.29, 1.82) is 0 Å². The normalized spacial score (nSPS) is 15.6. The van der Waals surface area contributed by atoms with Gasteiger partial charge in [-0.1, -0.05) is 41.0 Å². The van der Waals surface area contributed by atoms with Crippen LogP contribution in [0.25, 0.3) is 10.9 Å². The van der Waals surface area contributed by atoms with Crippen LogP contribution in [-0.4, -0.2) is 74.2 Å². The lowest BCUT2D eigenvalue weighted by Gasteiger charge is -2.34. The van der Waals surface area contributed by atoms with Gasteiger partial charge in [0.1, 0.15) is 11.6 Å². The predicted molar refractivity (Wildman–Crippen MR) is 149 cm³/mol. The van der Waals surface area contributed by atoms with Crippen LogP contribution < -0.4 is 20.3 Å². The smallest absolute Gasteiger partial charge is 0.227 e. The van der Waals surface area contributed by atoms with Crippen molar-refractivity contribution in [2.45, 2.75) is 60.3 Å². The molecule has 0 atom stereocenters. The Bertz CT molecular complexity index is 1020. The monoisotopic (exact) mass is 498 g/mol. The van der Waals surface area contributed by atoms with Crippen molar-refractivity contribution in [3.63, 3.8) is 0 Å². The predicted octanol–water partition coefficient (Wildman–Crippen LogP) is 4.55. The molecule has 1 fully saturated rings. The van der Waals surface area contributed by atoms with Gasteiger partial charge in [0.05, 0.1) is 12.6 Å². The minimum Gasteiger partial charge on any atom is -0.497 e. The van der Waals surface area contributed by atoms with Gasteiger partial charge in [-0.15, -0.1) is 0 Å². The highest BCUT2D eigenvalue weighted by Gasteiger charge is 2.29. The summed E-state index contributed by atoms with van der Waals surface area (Å²) in [7, 11) is 3.82. The van der Waals surface area contributed by atoms with Crippen LogP contribution in [0.5, 0.6) is 5.75 Å². The molecule has 2 N–H and O–H groups in total. The van der Waals surface area contributed by atoms with Crippen molar-refractivity contribution in [2.24, 2.45) is 10.8 Å². The lowest BCUT2D eigenvalue weighted by atomic mass is 9.72. The van der Waals surface area contributed by atoms with Gasteiger partial charge in [0.2, 0.25) is 11.9 Å². The van der Waals surface area contributed by atoms with Crippen molar-refractivity contribution in [2.75, 3.05) is 63.6 Å². The van der Waals surface area contributed by atoms with E-state index in [2.05, 4.69) is 62.1 Å². The summed E-state index contributed by atoms with van der Waals surface area (Å²) in [4.78, 5) is 27.0. The van der Waals surface area contributed by atoms with Crippen molar-refractivity contribution < 1.29 is 9.53 Å². The molecular formula is C28H46N6O2. The van der Waals surface area contributed by atoms with Crippen LogP contribution >= 0.6 is 0 Å². The Morgan fingerprint density at radius 2 is 1.83 bits per heavy atom. The van der Waals surface area contributed by atoms with E-state index in [0.29, 0.717) is 19.5 Å². The molecule has 1 aliphatic heterocycles. The third-order valence-electron chi connectivity index (χ3n) is 7.19. The number of aromatic nitrogens is 2. The topological polar surface area (TPSA) is 82.6 Å². The number of carbonyl (C=O) groups is 1. The second kappa shape index (κ2) is 12.1. The van der Waals surface area contributed by atoms with Crippen LogP contribution in [0.2, 0.25) is 0 Å². The van der Waals surface area contributed by atoms with Crippen molar-refractivity contribution in [3.05, 3.63) is 18.2 Å². The Morgan fingerprint density at radius 3 is 2.56 bits per heavy atom. The van der Waals surface area contributed by atoms with Gasteiger partial charge in [0, 0.05) is 50.6 Å². The molecule has 0 aliphatic carbocycles. The first-order chi connectivity index (χ1) is 17.0. The molecule has 2 aromatic rings. The van der Waals surface area contributed by atoms with E-state index in [-0.39, 0.29) is 16.7 Å². The molecule has 1 saturated heterocycles. The zero-order chi connectivity index (χ0) is 26.3. The maximum absolute atomic E-state index is 12.7. The molecule has 8 heteroatoms. The van der Waals surface area contributed by atoms with Crippen LogP contribution in [-0.2, 0) is 4.79 Å². The number of nitrogens with one attached hydrogen (secondary N) is 2. The third-order valence-corrected chi connectivity index (χ3v) is 7.19. The minimum absolute atomic E-state index is 0.0327. The van der Waals surface area contributed by atoms with Crippen LogP contribution in [0.15, 0.2) is 18.2 Å². The molecule has 2 heterocycles. The number of carbonyl (C=O) groups excluding carboxylic acids is 1. The molecule has 0 unspecified atom stereocenters. The van der Waals surface area contributed by atoms with Gasteiger partial charge in [0.15, 0.2) is 0 Å². The van der Waals surface area contributed by atoms with E-state index in [1.165, 1.54) is 0 Å². The Labute approximate surface area is 217 Å². The van der Waals surface area contributed by atoms with Crippen LogP contribution in [0.1, 0.15) is 60.3 Å². The molecule has 1 aromatic heterocycles. The molecule has 36 heavy (non-hydrogen) atoms. The number of rotatable bonds is 11. The molecule has 3 rings (SSSR count). The summed E-state index contributed by atoms with van der Waals surface area (Å²) >= 11 is 0. The molecule has 200 valence electrons. The standard InChI is InChI=1S/C28H46N6O2/c1-8-27(2,3)20-28(4,5)19-24(35)29-12-13-30-25-22-11-10-21(36-7)18-23(22)31-26(32-25)34-15-9-14-33(6)16-17-34/h10-11,18H,8-9,12-17,19-20H2,1-7H3,(H,29,35)(H,30,31,32). The first kappa shape index (κ1) is 28.0. The molecular weight excluding hydrogens is 452 g/mol. The Balaban J connectivity index is 1.66. The molecule has 8 nitrogen and oxygen atoms in total. The van der Waals surface area contributed by atoms with E-state index in [0.717, 1.165) is 73.9 Å². The second-order valence-corrected chi connectivity index (χ2v) is 11.7. The number of benzene rings is 1. The Morgan fingerprint density at radius 1 is 1.06 bits per heavy atom. The number of fused-ring (bicyclic) bond motifs is 1. The summed E-state index contributed by atoms with van der Waals surface area (Å²) < 4.78 is 5.43. The Hall–Kier alpha value is -2.61. The summed E-state index contributed by atoms with van der Waals surface area (Å²) in [5.74, 6) is 2.39. The van der Waals surface area contributed by atoms with Crippen molar-refractivity contribution in [3.8, 4) is 5.75 Å². The number of hydrogen-bond donors (Lipinski definition) is 2. The number of likely N-dealkylation sites (N-methyl/N-ethyl adjacent to an activating group) is 1. The fraction of sp³-hybridized carbons (Fsp3) is 0.679. The highest BCUT2D eigenvalue weighted by Crippen LogP contribution is 2.38. The summed E-state index contributed by atoms with van der Waals surface area (Å²) in [6.45, 7) is 16.2. The van der Waals surface area contributed by atoms with E-state index in [1.54, 1.807) is 7.11 Å². The Kier molecular flexibility index (Phi) is 9.39. The zero-order valence-electron chi connectivity index (χ0n) is 23.4. The molecule has 0 bridgehead atoms. The van der Waals surface area contributed by atoms with Gasteiger partial charge < -0.3 is 25.2 Å². The first-order valence-electron chi connectivity index (χ1n) is 13.3. The fourth-order valence-corrected chi connectivity index (χ4v) is 5.11. The van der Waals surface area contributed by atoms with E-state index in [4.69, 9.17) is 14.7 Å². The second-order valence-electron chi connectivity index (χ2n) is 11.7. The van der Waals surface area contributed by atoms with Crippen LogP contribution in [0, 0.1) is 10.8 Å². The van der Waals surface area contributed by atoms with Gasteiger partial charge in [-0.25, -0.2) is 4.98 Å². The molecule has 0 radical (unpaired) electrons. The van der Waals surface area contributed by atoms with Crippen LogP contribution in [0.3, 0.4) is 0 Å². The number of amides is 1.